The van der Waals surface area contributed by atoms with E-state index in [0.717, 1.165) is 24.1 Å². The summed E-state index contributed by atoms with van der Waals surface area (Å²) in [6.07, 6.45) is 3.98. The van der Waals surface area contributed by atoms with E-state index in [9.17, 15) is 4.79 Å². The van der Waals surface area contributed by atoms with E-state index in [1.54, 1.807) is 0 Å². The minimum atomic E-state index is -0.305. The molecule has 0 fully saturated rings. The summed E-state index contributed by atoms with van der Waals surface area (Å²) in [5.74, 6) is 0.263. The predicted octanol–water partition coefficient (Wildman–Crippen LogP) is 4.76. The third-order valence-corrected chi connectivity index (χ3v) is 4.09. The summed E-state index contributed by atoms with van der Waals surface area (Å²) < 4.78 is 5.11. The highest BCUT2D eigenvalue weighted by atomic mass is 16.5. The number of hydrogen-bond donors (Lipinski definition) is 1. The molecule has 0 amide bonds. The van der Waals surface area contributed by atoms with Crippen LogP contribution < -0.4 is 4.74 Å². The van der Waals surface area contributed by atoms with Crippen molar-refractivity contribution < 1.29 is 9.53 Å². The van der Waals surface area contributed by atoms with Crippen LogP contribution in [0.1, 0.15) is 30.5 Å². The molecule has 3 rings (SSSR count). The largest absolute Gasteiger partial charge is 0.427 e. The van der Waals surface area contributed by atoms with Crippen molar-refractivity contribution in [3.05, 3.63) is 77.5 Å². The molecule has 3 heteroatoms. The first-order chi connectivity index (χ1) is 11.7. The SMILES string of the molecule is CCc1c[nH]c(-c2ccc(OC(C)=O)cc2)c1Cc1ccccc1. The van der Waals surface area contributed by atoms with Crippen LogP contribution in [0.5, 0.6) is 5.75 Å². The highest BCUT2D eigenvalue weighted by Gasteiger charge is 2.13. The Bertz CT molecular complexity index is 817. The number of H-pyrrole nitrogens is 1. The van der Waals surface area contributed by atoms with Crippen LogP contribution in [0.2, 0.25) is 0 Å². The van der Waals surface area contributed by atoms with Gasteiger partial charge in [-0.1, -0.05) is 37.3 Å². The maximum absolute atomic E-state index is 11.0. The lowest BCUT2D eigenvalue weighted by Gasteiger charge is -2.08. The Labute approximate surface area is 142 Å². The third-order valence-electron chi connectivity index (χ3n) is 4.09. The lowest BCUT2D eigenvalue weighted by atomic mass is 9.97. The molecule has 0 spiro atoms. The molecule has 24 heavy (non-hydrogen) atoms. The van der Waals surface area contributed by atoms with Gasteiger partial charge in [-0.25, -0.2) is 0 Å². The lowest BCUT2D eigenvalue weighted by molar-refractivity contribution is -0.131. The summed E-state index contributed by atoms with van der Waals surface area (Å²) in [6, 6.07) is 18.1. The zero-order valence-corrected chi connectivity index (χ0v) is 14.0. The van der Waals surface area contributed by atoms with Crippen molar-refractivity contribution in [2.45, 2.75) is 26.7 Å². The molecule has 0 aliphatic carbocycles. The van der Waals surface area contributed by atoms with Gasteiger partial charge in [-0.2, -0.15) is 0 Å². The van der Waals surface area contributed by atoms with Gasteiger partial charge in [0.05, 0.1) is 0 Å². The Morgan fingerprint density at radius 1 is 1.04 bits per heavy atom. The second kappa shape index (κ2) is 7.18. The summed E-state index contributed by atoms with van der Waals surface area (Å²) in [5.41, 5.74) is 6.17. The van der Waals surface area contributed by atoms with Gasteiger partial charge in [0.25, 0.3) is 0 Å². The first-order valence-electron chi connectivity index (χ1n) is 8.19. The van der Waals surface area contributed by atoms with E-state index in [1.165, 1.54) is 23.6 Å². The molecule has 0 aliphatic heterocycles. The van der Waals surface area contributed by atoms with Crippen LogP contribution in [-0.2, 0) is 17.6 Å². The van der Waals surface area contributed by atoms with Crippen molar-refractivity contribution >= 4 is 5.97 Å². The average molecular weight is 319 g/mol. The number of carbonyl (C=O) groups is 1. The van der Waals surface area contributed by atoms with Gasteiger partial charge in [-0.05, 0) is 59.4 Å². The maximum atomic E-state index is 11.0. The van der Waals surface area contributed by atoms with Gasteiger partial charge in [-0.3, -0.25) is 4.79 Å². The molecular weight excluding hydrogens is 298 g/mol. The number of hydrogen-bond acceptors (Lipinski definition) is 2. The number of esters is 1. The molecule has 0 radical (unpaired) electrons. The standard InChI is InChI=1S/C21H21NO2/c1-3-17-14-22-21(20(17)13-16-7-5-4-6-8-16)18-9-11-19(12-10-18)24-15(2)23/h4-12,14,22H,3,13H2,1-2H3. The van der Waals surface area contributed by atoms with Crippen molar-refractivity contribution in [3.8, 4) is 17.0 Å². The molecule has 0 unspecified atom stereocenters. The second-order valence-corrected chi connectivity index (χ2v) is 5.80. The topological polar surface area (TPSA) is 42.1 Å². The molecule has 1 N–H and O–H groups in total. The quantitative estimate of drug-likeness (QED) is 0.544. The Morgan fingerprint density at radius 3 is 2.38 bits per heavy atom. The molecule has 2 aromatic carbocycles. The molecular formula is C21H21NO2. The van der Waals surface area contributed by atoms with Crippen molar-refractivity contribution in [2.75, 3.05) is 0 Å². The Hall–Kier alpha value is -2.81. The van der Waals surface area contributed by atoms with Gasteiger partial charge < -0.3 is 9.72 Å². The van der Waals surface area contributed by atoms with E-state index < -0.39 is 0 Å². The number of carbonyl (C=O) groups excluding carboxylic acids is 1. The van der Waals surface area contributed by atoms with Crippen LogP contribution in [0, 0.1) is 0 Å². The molecule has 1 heterocycles. The van der Waals surface area contributed by atoms with Gasteiger partial charge in [0, 0.05) is 18.8 Å². The Kier molecular flexibility index (Phi) is 4.80. The van der Waals surface area contributed by atoms with Crippen molar-refractivity contribution in [1.29, 1.82) is 0 Å². The van der Waals surface area contributed by atoms with Crippen LogP contribution in [-0.4, -0.2) is 11.0 Å². The van der Waals surface area contributed by atoms with Crippen LogP contribution in [0.3, 0.4) is 0 Å². The monoisotopic (exact) mass is 319 g/mol. The molecule has 0 saturated heterocycles. The van der Waals surface area contributed by atoms with E-state index in [0.29, 0.717) is 5.75 Å². The first kappa shape index (κ1) is 16.1. The van der Waals surface area contributed by atoms with Crippen LogP contribution in [0.4, 0.5) is 0 Å². The number of nitrogens with one attached hydrogen (secondary N) is 1. The normalized spacial score (nSPS) is 10.6. The van der Waals surface area contributed by atoms with E-state index in [-0.39, 0.29) is 5.97 Å². The fourth-order valence-corrected chi connectivity index (χ4v) is 2.92. The zero-order chi connectivity index (χ0) is 16.9. The van der Waals surface area contributed by atoms with E-state index in [4.69, 9.17) is 4.74 Å². The summed E-state index contributed by atoms with van der Waals surface area (Å²) >= 11 is 0. The minimum absolute atomic E-state index is 0.305. The summed E-state index contributed by atoms with van der Waals surface area (Å²) in [4.78, 5) is 14.5. The van der Waals surface area contributed by atoms with Gasteiger partial charge >= 0.3 is 5.97 Å². The Balaban J connectivity index is 1.93. The van der Waals surface area contributed by atoms with Crippen LogP contribution in [0.15, 0.2) is 60.8 Å². The van der Waals surface area contributed by atoms with E-state index in [1.807, 2.05) is 30.3 Å². The van der Waals surface area contributed by atoms with Gasteiger partial charge in [-0.15, -0.1) is 0 Å². The minimum Gasteiger partial charge on any atom is -0.427 e. The predicted molar refractivity (Wildman–Crippen MR) is 96.2 cm³/mol. The molecule has 1 aromatic heterocycles. The van der Waals surface area contributed by atoms with Crippen molar-refractivity contribution in [2.24, 2.45) is 0 Å². The summed E-state index contributed by atoms with van der Waals surface area (Å²) in [7, 11) is 0. The molecule has 3 aromatic rings. The van der Waals surface area contributed by atoms with E-state index >= 15 is 0 Å². The fourth-order valence-electron chi connectivity index (χ4n) is 2.92. The number of benzene rings is 2. The first-order valence-corrected chi connectivity index (χ1v) is 8.19. The number of aryl methyl sites for hydroxylation is 1. The van der Waals surface area contributed by atoms with Gasteiger partial charge in [0.2, 0.25) is 0 Å². The molecule has 122 valence electrons. The summed E-state index contributed by atoms with van der Waals surface area (Å²) in [5, 5.41) is 0. The van der Waals surface area contributed by atoms with Crippen molar-refractivity contribution in [1.82, 2.24) is 4.98 Å². The fraction of sp³-hybridized carbons (Fsp3) is 0.190. The number of ether oxygens (including phenoxy) is 1. The van der Waals surface area contributed by atoms with Crippen molar-refractivity contribution in [3.63, 3.8) is 0 Å². The smallest absolute Gasteiger partial charge is 0.308 e. The molecule has 0 saturated carbocycles. The maximum Gasteiger partial charge on any atom is 0.308 e. The molecule has 0 atom stereocenters. The zero-order valence-electron chi connectivity index (χ0n) is 14.0. The number of rotatable bonds is 5. The average Bonchev–Trinajstić information content (AvgIpc) is 2.98. The van der Waals surface area contributed by atoms with Gasteiger partial charge in [0.15, 0.2) is 0 Å². The highest BCUT2D eigenvalue weighted by molar-refractivity contribution is 5.71. The van der Waals surface area contributed by atoms with Crippen LogP contribution in [0.25, 0.3) is 11.3 Å². The highest BCUT2D eigenvalue weighted by Crippen LogP contribution is 2.29. The Morgan fingerprint density at radius 2 is 1.75 bits per heavy atom. The molecule has 0 aliphatic rings. The third kappa shape index (κ3) is 3.57. The summed E-state index contributed by atoms with van der Waals surface area (Å²) in [6.45, 7) is 3.58. The second-order valence-electron chi connectivity index (χ2n) is 5.80. The number of aromatic nitrogens is 1. The number of aromatic amines is 1. The lowest BCUT2D eigenvalue weighted by Crippen LogP contribution is -2.01. The molecule has 0 bridgehead atoms. The molecule has 3 nitrogen and oxygen atoms in total. The van der Waals surface area contributed by atoms with E-state index in [2.05, 4.69) is 42.4 Å². The van der Waals surface area contributed by atoms with Gasteiger partial charge in [0.1, 0.15) is 5.75 Å². The van der Waals surface area contributed by atoms with Crippen LogP contribution >= 0.6 is 0 Å².